The second-order valence-electron chi connectivity index (χ2n) is 6.03. The number of carboxylic acid groups (broad SMARTS) is 1. The van der Waals surface area contributed by atoms with Gasteiger partial charge in [0.25, 0.3) is 0 Å². The molecule has 0 unspecified atom stereocenters. The highest BCUT2D eigenvalue weighted by atomic mass is 16.5. The molecule has 126 valence electrons. The first-order valence-corrected chi connectivity index (χ1v) is 7.68. The van der Waals surface area contributed by atoms with Crippen LogP contribution in [0.25, 0.3) is 0 Å². The number of rotatable bonds is 5. The summed E-state index contributed by atoms with van der Waals surface area (Å²) in [7, 11) is 1.58. The summed E-state index contributed by atoms with van der Waals surface area (Å²) in [4.78, 5) is 24.5. The Morgan fingerprint density at radius 1 is 1.30 bits per heavy atom. The molecule has 0 radical (unpaired) electrons. The molecule has 1 aliphatic rings. The molecule has 1 aromatic rings. The van der Waals surface area contributed by atoms with E-state index in [-0.39, 0.29) is 17.9 Å². The topological polar surface area (TPSA) is 76.1 Å². The van der Waals surface area contributed by atoms with Crippen LogP contribution >= 0.6 is 0 Å². The number of benzene rings is 1. The number of likely N-dealkylation sites (tertiary alicyclic amines) is 1. The molecule has 1 saturated heterocycles. The number of carboxylic acids is 1. The Balaban J connectivity index is 2.28. The third-order valence-electron chi connectivity index (χ3n) is 4.01. The van der Waals surface area contributed by atoms with Gasteiger partial charge in [0.15, 0.2) is 11.5 Å². The molecule has 23 heavy (non-hydrogen) atoms. The third-order valence-corrected chi connectivity index (χ3v) is 4.01. The number of methoxy groups -OCH3 is 1. The quantitative estimate of drug-likeness (QED) is 0.900. The van der Waals surface area contributed by atoms with Crippen LogP contribution in [0.3, 0.4) is 0 Å². The van der Waals surface area contributed by atoms with Crippen molar-refractivity contribution in [3.05, 3.63) is 23.8 Å². The van der Waals surface area contributed by atoms with Crippen molar-refractivity contribution in [1.29, 1.82) is 0 Å². The van der Waals surface area contributed by atoms with Crippen molar-refractivity contribution in [2.45, 2.75) is 45.3 Å². The van der Waals surface area contributed by atoms with Gasteiger partial charge in [-0.1, -0.05) is 6.07 Å². The Morgan fingerprint density at radius 3 is 2.48 bits per heavy atom. The van der Waals surface area contributed by atoms with Crippen LogP contribution in [-0.4, -0.2) is 47.7 Å². The maximum atomic E-state index is 11.7. The lowest BCUT2D eigenvalue weighted by molar-refractivity contribution is -0.147. The third kappa shape index (κ3) is 3.75. The lowest BCUT2D eigenvalue weighted by atomic mass is 9.96. The molecule has 1 amide bonds. The Labute approximate surface area is 136 Å². The molecule has 0 aromatic heterocycles. The summed E-state index contributed by atoms with van der Waals surface area (Å²) >= 11 is 0. The fourth-order valence-electron chi connectivity index (χ4n) is 2.95. The molecule has 2 rings (SSSR count). The van der Waals surface area contributed by atoms with Crippen molar-refractivity contribution in [3.63, 3.8) is 0 Å². The zero-order chi connectivity index (χ0) is 17.1. The van der Waals surface area contributed by atoms with Gasteiger partial charge in [-0.3, -0.25) is 4.79 Å². The minimum Gasteiger partial charge on any atom is -0.493 e. The molecular weight excluding hydrogens is 298 g/mol. The van der Waals surface area contributed by atoms with Crippen LogP contribution in [-0.2, 0) is 9.59 Å². The maximum Gasteiger partial charge on any atom is 0.326 e. The highest BCUT2D eigenvalue weighted by Crippen LogP contribution is 2.37. The van der Waals surface area contributed by atoms with E-state index in [0.717, 1.165) is 5.56 Å². The fraction of sp³-hybridized carbons (Fsp3) is 0.529. The average Bonchev–Trinajstić information content (AvgIpc) is 2.92. The summed E-state index contributed by atoms with van der Waals surface area (Å²) in [6.45, 7) is 5.67. The van der Waals surface area contributed by atoms with Gasteiger partial charge in [0.05, 0.1) is 13.2 Å². The van der Waals surface area contributed by atoms with Gasteiger partial charge in [-0.15, -0.1) is 0 Å². The molecule has 1 heterocycles. The Bertz CT molecular complexity index is 577. The second-order valence-corrected chi connectivity index (χ2v) is 6.03. The highest BCUT2D eigenvalue weighted by Gasteiger charge is 2.39. The first kappa shape index (κ1) is 17.1. The molecule has 2 atom stereocenters. The van der Waals surface area contributed by atoms with Gasteiger partial charge in [0, 0.05) is 19.4 Å². The number of amides is 1. The first-order chi connectivity index (χ1) is 10.8. The van der Waals surface area contributed by atoms with E-state index in [1.807, 2.05) is 32.0 Å². The molecule has 0 aliphatic carbocycles. The van der Waals surface area contributed by atoms with Crippen molar-refractivity contribution >= 4 is 11.9 Å². The first-order valence-electron chi connectivity index (χ1n) is 7.68. The average molecular weight is 321 g/mol. The number of nitrogens with zero attached hydrogens (tertiary/aromatic N) is 1. The van der Waals surface area contributed by atoms with Crippen LogP contribution in [0.15, 0.2) is 18.2 Å². The fourth-order valence-corrected chi connectivity index (χ4v) is 2.95. The Kier molecular flexibility index (Phi) is 5.13. The van der Waals surface area contributed by atoms with Gasteiger partial charge in [-0.25, -0.2) is 4.79 Å². The number of hydrogen-bond donors (Lipinski definition) is 1. The maximum absolute atomic E-state index is 11.7. The molecule has 1 fully saturated rings. The van der Waals surface area contributed by atoms with Crippen molar-refractivity contribution in [1.82, 2.24) is 4.90 Å². The zero-order valence-corrected chi connectivity index (χ0v) is 13.9. The van der Waals surface area contributed by atoms with Crippen LogP contribution in [0.4, 0.5) is 0 Å². The minimum absolute atomic E-state index is 0.00298. The molecule has 6 heteroatoms. The van der Waals surface area contributed by atoms with Crippen molar-refractivity contribution in [3.8, 4) is 11.5 Å². The van der Waals surface area contributed by atoms with E-state index in [1.165, 1.54) is 11.8 Å². The van der Waals surface area contributed by atoms with E-state index in [9.17, 15) is 14.7 Å². The van der Waals surface area contributed by atoms with E-state index in [2.05, 4.69) is 0 Å². The monoisotopic (exact) mass is 321 g/mol. The zero-order valence-electron chi connectivity index (χ0n) is 13.9. The summed E-state index contributed by atoms with van der Waals surface area (Å²) in [5.74, 6) is 0.0640. The van der Waals surface area contributed by atoms with Crippen LogP contribution in [0.5, 0.6) is 11.5 Å². The van der Waals surface area contributed by atoms with Crippen LogP contribution in [0.2, 0.25) is 0 Å². The smallest absolute Gasteiger partial charge is 0.326 e. The van der Waals surface area contributed by atoms with Crippen molar-refractivity contribution in [2.24, 2.45) is 0 Å². The van der Waals surface area contributed by atoms with Crippen molar-refractivity contribution in [2.75, 3.05) is 13.7 Å². The molecular formula is C17H23NO5. The minimum atomic E-state index is -0.963. The van der Waals surface area contributed by atoms with Gasteiger partial charge < -0.3 is 19.5 Å². The molecule has 1 N–H and O–H groups in total. The predicted molar refractivity (Wildman–Crippen MR) is 84.9 cm³/mol. The number of ether oxygens (including phenoxy) is 2. The Morgan fingerprint density at radius 2 is 2.00 bits per heavy atom. The summed E-state index contributed by atoms with van der Waals surface area (Å²) in [5.41, 5.74) is 0.955. The van der Waals surface area contributed by atoms with E-state index in [1.54, 1.807) is 7.11 Å². The molecule has 6 nitrogen and oxygen atoms in total. The lowest BCUT2D eigenvalue weighted by Gasteiger charge is -2.19. The SMILES string of the molecule is COc1ccc([C@@H]2C[C@H](C(=O)O)N(C(C)=O)C2)cc1OC(C)C. The number of hydrogen-bond acceptors (Lipinski definition) is 4. The summed E-state index contributed by atoms with van der Waals surface area (Å²) in [5, 5.41) is 9.31. The molecule has 0 saturated carbocycles. The van der Waals surface area contributed by atoms with E-state index in [4.69, 9.17) is 9.47 Å². The normalized spacial score (nSPS) is 20.7. The Hall–Kier alpha value is -2.24. The van der Waals surface area contributed by atoms with Gasteiger partial charge in [-0.05, 0) is 38.0 Å². The van der Waals surface area contributed by atoms with Gasteiger partial charge in [0.1, 0.15) is 6.04 Å². The molecule has 1 aromatic carbocycles. The largest absolute Gasteiger partial charge is 0.493 e. The number of carbonyl (C=O) groups excluding carboxylic acids is 1. The molecule has 0 bridgehead atoms. The van der Waals surface area contributed by atoms with Crippen LogP contribution in [0, 0.1) is 0 Å². The van der Waals surface area contributed by atoms with Gasteiger partial charge in [-0.2, -0.15) is 0 Å². The standard InChI is InChI=1S/C17H23NO5/c1-10(2)23-16-8-12(5-6-15(16)22-4)13-7-14(17(20)21)18(9-13)11(3)19/h5-6,8,10,13-14H,7,9H2,1-4H3,(H,20,21)/t13-,14-/m1/s1. The number of carbonyl (C=O) groups is 2. The van der Waals surface area contributed by atoms with Gasteiger partial charge >= 0.3 is 5.97 Å². The van der Waals surface area contributed by atoms with Crippen molar-refractivity contribution < 1.29 is 24.2 Å². The highest BCUT2D eigenvalue weighted by molar-refractivity contribution is 5.83. The summed E-state index contributed by atoms with van der Waals surface area (Å²) < 4.78 is 11.1. The number of aliphatic carboxylic acids is 1. The van der Waals surface area contributed by atoms with Crippen LogP contribution < -0.4 is 9.47 Å². The molecule has 0 spiro atoms. The van der Waals surface area contributed by atoms with Gasteiger partial charge in [0.2, 0.25) is 5.91 Å². The lowest BCUT2D eigenvalue weighted by Crippen LogP contribution is -2.39. The van der Waals surface area contributed by atoms with E-state index in [0.29, 0.717) is 24.5 Å². The molecule has 1 aliphatic heterocycles. The summed E-state index contributed by atoms with van der Waals surface area (Å²) in [6.07, 6.45) is 0.408. The van der Waals surface area contributed by atoms with Crippen LogP contribution in [0.1, 0.15) is 38.7 Å². The summed E-state index contributed by atoms with van der Waals surface area (Å²) in [6, 6.07) is 4.83. The van der Waals surface area contributed by atoms with E-state index < -0.39 is 12.0 Å². The van der Waals surface area contributed by atoms with E-state index >= 15 is 0 Å². The predicted octanol–water partition coefficient (Wildman–Crippen LogP) is 2.27. The second kappa shape index (κ2) is 6.89.